The fourth-order valence-corrected chi connectivity index (χ4v) is 3.56. The van der Waals surface area contributed by atoms with E-state index in [0.29, 0.717) is 22.2 Å². The van der Waals surface area contributed by atoms with Crippen LogP contribution >= 0.6 is 0 Å². The van der Waals surface area contributed by atoms with Crippen LogP contribution in [-0.4, -0.2) is 15.5 Å². The van der Waals surface area contributed by atoms with Gasteiger partial charge in [-0.25, -0.2) is 13.2 Å². The molecule has 0 aliphatic heterocycles. The quantitative estimate of drug-likeness (QED) is 0.600. The third-order valence-corrected chi connectivity index (χ3v) is 4.94. The lowest BCUT2D eigenvalue weighted by Gasteiger charge is -2.11. The second-order valence-electron chi connectivity index (χ2n) is 5.23. The van der Waals surface area contributed by atoms with E-state index in [1.54, 1.807) is 43.3 Å². The lowest BCUT2D eigenvalue weighted by Crippen LogP contribution is -2.14. The molecule has 0 radical (unpaired) electrons. The molecule has 6 nitrogen and oxygen atoms in total. The molecule has 154 valence electrons. The number of anilines is 1. The Morgan fingerprint density at radius 2 is 1.64 bits per heavy atom. The first-order chi connectivity index (χ1) is 13.4. The summed E-state index contributed by atoms with van der Waals surface area (Å²) in [4.78, 5) is 11.6. The van der Waals surface area contributed by atoms with Crippen molar-refractivity contribution < 1.29 is 19.0 Å². The van der Waals surface area contributed by atoms with Gasteiger partial charge in [-0.15, -0.1) is 0 Å². The Morgan fingerprint density at radius 1 is 1.00 bits per heavy atom. The number of benzene rings is 2. The van der Waals surface area contributed by atoms with E-state index in [4.69, 9.17) is 9.15 Å². The van der Waals surface area contributed by atoms with E-state index in [1.165, 1.54) is 19.2 Å². The number of hydrogen-bond donors (Lipinski definition) is 1. The van der Waals surface area contributed by atoms with E-state index in [-0.39, 0.29) is 12.1 Å². The number of para-hydroxylation sites is 1. The summed E-state index contributed by atoms with van der Waals surface area (Å²) in [7, 11) is -2.40. The molecule has 3 aromatic rings. The maximum Gasteiger partial charge on any atom is 0.339 e. The predicted octanol–water partition coefficient (Wildman–Crippen LogP) is 5.21. The van der Waals surface area contributed by atoms with Crippen molar-refractivity contribution in [1.82, 2.24) is 0 Å². The summed E-state index contributed by atoms with van der Waals surface area (Å²) >= 11 is 0. The maximum atomic E-state index is 12.6. The Bertz CT molecular complexity index is 1080. The van der Waals surface area contributed by atoms with Crippen molar-refractivity contribution in [2.45, 2.75) is 39.5 Å². The second-order valence-corrected chi connectivity index (χ2v) is 6.88. The van der Waals surface area contributed by atoms with Crippen LogP contribution in [0.3, 0.4) is 0 Å². The van der Waals surface area contributed by atoms with Crippen LogP contribution in [0.1, 0.15) is 34.7 Å². The van der Waals surface area contributed by atoms with Gasteiger partial charge in [0.2, 0.25) is 0 Å². The van der Waals surface area contributed by atoms with Crippen molar-refractivity contribution in [2.24, 2.45) is 0 Å². The molecule has 1 N–H and O–H groups in total. The molecule has 0 bridgehead atoms. The zero-order valence-corrected chi connectivity index (χ0v) is 17.9. The van der Waals surface area contributed by atoms with Crippen molar-refractivity contribution >= 4 is 26.7 Å². The molecular weight excluding hydrogens is 378 g/mol. The topological polar surface area (TPSA) is 85.6 Å². The van der Waals surface area contributed by atoms with E-state index in [1.807, 2.05) is 27.7 Å². The Morgan fingerprint density at radius 3 is 2.29 bits per heavy atom. The third kappa shape index (κ3) is 5.36. The Kier molecular flexibility index (Phi) is 8.73. The monoisotopic (exact) mass is 407 g/mol. The molecule has 0 atom stereocenters. The number of hydrogen-bond acceptors (Lipinski definition) is 5. The molecule has 0 fully saturated rings. The van der Waals surface area contributed by atoms with Gasteiger partial charge >= 0.3 is 5.63 Å². The van der Waals surface area contributed by atoms with Gasteiger partial charge in [-0.2, -0.15) is 0 Å². The minimum atomic E-state index is -3.81. The van der Waals surface area contributed by atoms with E-state index >= 15 is 0 Å². The number of nitrogens with one attached hydrogen (secondary N) is 1. The van der Waals surface area contributed by atoms with Gasteiger partial charge in [-0.05, 0) is 43.3 Å². The molecule has 0 saturated heterocycles. The summed E-state index contributed by atoms with van der Waals surface area (Å²) in [6, 6.07) is 12.7. The number of ether oxygens (including phenoxy) is 1. The van der Waals surface area contributed by atoms with Gasteiger partial charge in [0.15, 0.2) is 0 Å². The first-order valence-corrected chi connectivity index (χ1v) is 10.6. The third-order valence-electron chi connectivity index (χ3n) is 3.52. The molecule has 0 aliphatic carbocycles. The molecule has 1 aromatic heterocycles. The molecule has 0 unspecified atom stereocenters. The highest BCUT2D eigenvalue weighted by molar-refractivity contribution is 7.92. The summed E-state index contributed by atoms with van der Waals surface area (Å²) in [6.45, 7) is 9.64. The molecular formula is C21H29NO5S. The normalized spacial score (nSPS) is 10.2. The largest absolute Gasteiger partial charge is 0.495 e. The fourth-order valence-electron chi connectivity index (χ4n) is 2.34. The molecule has 0 amide bonds. The summed E-state index contributed by atoms with van der Waals surface area (Å²) in [6.07, 6.45) is 0. The summed E-state index contributed by atoms with van der Waals surface area (Å²) in [5.74, 6) is 0.257. The van der Waals surface area contributed by atoms with Crippen LogP contribution in [0, 0.1) is 6.92 Å². The molecule has 0 saturated carbocycles. The molecule has 7 heteroatoms. The summed E-state index contributed by atoms with van der Waals surface area (Å²) in [5, 5.41) is 0.632. The summed E-state index contributed by atoms with van der Waals surface area (Å²) in [5.41, 5.74) is 0.796. The highest BCUT2D eigenvalue weighted by atomic mass is 32.2. The minimum absolute atomic E-state index is 0. The van der Waals surface area contributed by atoms with Gasteiger partial charge in [0.25, 0.3) is 10.0 Å². The van der Waals surface area contributed by atoms with E-state index < -0.39 is 15.6 Å². The number of methoxy groups -OCH3 is 1. The lowest BCUT2D eigenvalue weighted by molar-refractivity contribution is 0.403. The van der Waals surface area contributed by atoms with Crippen molar-refractivity contribution in [3.8, 4) is 5.75 Å². The van der Waals surface area contributed by atoms with Crippen LogP contribution in [-0.2, 0) is 10.0 Å². The molecule has 1 heterocycles. The maximum absolute atomic E-state index is 12.6. The van der Waals surface area contributed by atoms with Crippen LogP contribution in [0.5, 0.6) is 5.75 Å². The average molecular weight is 408 g/mol. The second kappa shape index (κ2) is 10.5. The van der Waals surface area contributed by atoms with Gasteiger partial charge in [0, 0.05) is 18.1 Å². The highest BCUT2D eigenvalue weighted by Crippen LogP contribution is 2.26. The zero-order chi connectivity index (χ0) is 21.3. The molecule has 0 aliphatic rings. The number of sulfonamides is 1. The van der Waals surface area contributed by atoms with Gasteiger partial charge < -0.3 is 9.15 Å². The predicted molar refractivity (Wildman–Crippen MR) is 116 cm³/mol. The van der Waals surface area contributed by atoms with Crippen LogP contribution in [0.2, 0.25) is 0 Å². The fraction of sp³-hybridized carbons (Fsp3) is 0.286. The molecule has 0 spiro atoms. The van der Waals surface area contributed by atoms with Crippen LogP contribution < -0.4 is 15.1 Å². The summed E-state index contributed by atoms with van der Waals surface area (Å²) < 4.78 is 37.9. The van der Waals surface area contributed by atoms with Crippen LogP contribution in [0.4, 0.5) is 5.69 Å². The zero-order valence-electron chi connectivity index (χ0n) is 17.1. The highest BCUT2D eigenvalue weighted by Gasteiger charge is 2.19. The average Bonchev–Trinajstić information content (AvgIpc) is 2.72. The van der Waals surface area contributed by atoms with Crippen molar-refractivity contribution in [1.29, 1.82) is 0 Å². The van der Waals surface area contributed by atoms with Crippen LogP contribution in [0.25, 0.3) is 11.0 Å². The molecule has 2 aromatic carbocycles. The Balaban J connectivity index is 0.00000148. The number of rotatable bonds is 4. The standard InChI is InChI=1S/C17H15NO5S.2C2H6.H2/c1-11-9-12-10-13(7-8-14(12)23-17(11)19)18-24(20,21)16-6-4-3-5-15(16)22-2;2*1-2;/h3-10,18H,1-2H3;2*1-2H3;1H. The number of fused-ring (bicyclic) bond motifs is 1. The van der Waals surface area contributed by atoms with Crippen molar-refractivity contribution in [3.05, 3.63) is 64.5 Å². The molecule has 3 rings (SSSR count). The van der Waals surface area contributed by atoms with Gasteiger partial charge in [-0.3, -0.25) is 4.72 Å². The van der Waals surface area contributed by atoms with E-state index in [2.05, 4.69) is 4.72 Å². The van der Waals surface area contributed by atoms with Crippen molar-refractivity contribution in [2.75, 3.05) is 11.8 Å². The van der Waals surface area contributed by atoms with Gasteiger partial charge in [0.05, 0.1) is 7.11 Å². The lowest BCUT2D eigenvalue weighted by atomic mass is 10.2. The Labute approximate surface area is 167 Å². The van der Waals surface area contributed by atoms with Crippen molar-refractivity contribution in [3.63, 3.8) is 0 Å². The first kappa shape index (κ1) is 23.2. The molecule has 28 heavy (non-hydrogen) atoms. The van der Waals surface area contributed by atoms with E-state index in [0.717, 1.165) is 0 Å². The first-order valence-electron chi connectivity index (χ1n) is 9.11. The van der Waals surface area contributed by atoms with Gasteiger partial charge in [-0.1, -0.05) is 39.8 Å². The van der Waals surface area contributed by atoms with Gasteiger partial charge in [0.1, 0.15) is 16.2 Å². The van der Waals surface area contributed by atoms with E-state index in [9.17, 15) is 13.2 Å². The number of aryl methyl sites for hydroxylation is 1. The minimum Gasteiger partial charge on any atom is -0.495 e. The van der Waals surface area contributed by atoms with Crippen LogP contribution in [0.15, 0.2) is 62.6 Å². The SMILES string of the molecule is CC.CC.COc1ccccc1S(=O)(=O)Nc1ccc2oc(=O)c(C)cc2c1.[HH]. The Hall–Kier alpha value is -2.80. The smallest absolute Gasteiger partial charge is 0.339 e.